The number of aryl methyl sites for hydroxylation is 1. The Labute approximate surface area is 152 Å². The number of aromatic nitrogens is 4. The van der Waals surface area contributed by atoms with Crippen molar-refractivity contribution in [2.45, 2.75) is 6.92 Å². The predicted molar refractivity (Wildman–Crippen MR) is 105 cm³/mol. The SMILES string of the molecule is Cc1c(-c2ccc(-c3n[nH]c(=O)c4ccccc34)s2)nc2ccccn12. The number of thiophene rings is 1. The van der Waals surface area contributed by atoms with Crippen LogP contribution in [-0.2, 0) is 0 Å². The number of aromatic amines is 1. The first kappa shape index (κ1) is 15.0. The fourth-order valence-electron chi connectivity index (χ4n) is 3.25. The maximum Gasteiger partial charge on any atom is 0.272 e. The molecule has 6 heteroatoms. The molecule has 26 heavy (non-hydrogen) atoms. The van der Waals surface area contributed by atoms with Crippen LogP contribution < -0.4 is 5.56 Å². The molecule has 0 aliphatic rings. The Balaban J connectivity index is 1.68. The number of nitrogens with zero attached hydrogens (tertiary/aromatic N) is 3. The van der Waals surface area contributed by atoms with Crippen LogP contribution in [0, 0.1) is 6.92 Å². The number of hydrogen-bond acceptors (Lipinski definition) is 4. The van der Waals surface area contributed by atoms with Crippen LogP contribution in [0.1, 0.15) is 5.69 Å². The predicted octanol–water partition coefficient (Wildman–Crippen LogP) is 4.27. The average Bonchev–Trinajstić information content (AvgIpc) is 3.28. The van der Waals surface area contributed by atoms with Crippen LogP contribution in [0.2, 0.25) is 0 Å². The fourth-order valence-corrected chi connectivity index (χ4v) is 4.30. The minimum atomic E-state index is -0.169. The summed E-state index contributed by atoms with van der Waals surface area (Å²) in [7, 11) is 0. The van der Waals surface area contributed by atoms with E-state index in [1.54, 1.807) is 11.3 Å². The van der Waals surface area contributed by atoms with Gasteiger partial charge in [-0.25, -0.2) is 10.1 Å². The van der Waals surface area contributed by atoms with E-state index in [9.17, 15) is 4.79 Å². The molecule has 0 amide bonds. The summed E-state index contributed by atoms with van der Waals surface area (Å²) in [6.45, 7) is 2.07. The zero-order valence-electron chi connectivity index (χ0n) is 13.9. The number of fused-ring (bicyclic) bond motifs is 2. The third-order valence-electron chi connectivity index (χ3n) is 4.54. The number of rotatable bonds is 2. The van der Waals surface area contributed by atoms with Gasteiger partial charge in [0, 0.05) is 17.3 Å². The van der Waals surface area contributed by atoms with Gasteiger partial charge in [0.25, 0.3) is 5.56 Å². The Hall–Kier alpha value is -3.25. The molecule has 0 saturated carbocycles. The highest BCUT2D eigenvalue weighted by molar-refractivity contribution is 7.18. The number of nitrogens with one attached hydrogen (secondary N) is 1. The first-order valence-electron chi connectivity index (χ1n) is 8.24. The second kappa shape index (κ2) is 5.64. The van der Waals surface area contributed by atoms with Gasteiger partial charge in [0.2, 0.25) is 0 Å². The monoisotopic (exact) mass is 358 g/mol. The van der Waals surface area contributed by atoms with Crippen LogP contribution in [0.25, 0.3) is 37.6 Å². The molecule has 126 valence electrons. The fraction of sp³-hybridized carbons (Fsp3) is 0.0500. The zero-order valence-corrected chi connectivity index (χ0v) is 14.7. The summed E-state index contributed by atoms with van der Waals surface area (Å²) in [4.78, 5) is 18.9. The van der Waals surface area contributed by atoms with Gasteiger partial charge in [0.1, 0.15) is 17.0 Å². The summed E-state index contributed by atoms with van der Waals surface area (Å²) < 4.78 is 2.09. The van der Waals surface area contributed by atoms with E-state index in [2.05, 4.69) is 27.6 Å². The molecule has 5 rings (SSSR count). The van der Waals surface area contributed by atoms with Gasteiger partial charge in [-0.2, -0.15) is 5.10 Å². The van der Waals surface area contributed by atoms with Gasteiger partial charge in [0.05, 0.1) is 15.1 Å². The van der Waals surface area contributed by atoms with E-state index < -0.39 is 0 Å². The van der Waals surface area contributed by atoms with Crippen molar-refractivity contribution in [1.29, 1.82) is 0 Å². The lowest BCUT2D eigenvalue weighted by Gasteiger charge is -2.02. The normalized spacial score (nSPS) is 11.4. The Kier molecular flexibility index (Phi) is 3.26. The van der Waals surface area contributed by atoms with Gasteiger partial charge in [-0.15, -0.1) is 11.3 Å². The molecule has 0 aliphatic carbocycles. The van der Waals surface area contributed by atoms with Crippen LogP contribution in [0.4, 0.5) is 0 Å². The second-order valence-corrected chi connectivity index (χ2v) is 7.17. The topological polar surface area (TPSA) is 63.0 Å². The lowest BCUT2D eigenvalue weighted by atomic mass is 10.1. The van der Waals surface area contributed by atoms with Gasteiger partial charge >= 0.3 is 0 Å². The van der Waals surface area contributed by atoms with Crippen molar-refractivity contribution in [2.24, 2.45) is 0 Å². The molecule has 4 aromatic heterocycles. The molecule has 1 aromatic carbocycles. The summed E-state index contributed by atoms with van der Waals surface area (Å²) >= 11 is 1.63. The Morgan fingerprint density at radius 1 is 0.923 bits per heavy atom. The number of pyridine rings is 1. The van der Waals surface area contributed by atoms with Crippen LogP contribution in [0.5, 0.6) is 0 Å². The highest BCUT2D eigenvalue weighted by atomic mass is 32.1. The van der Waals surface area contributed by atoms with Crippen molar-refractivity contribution >= 4 is 27.8 Å². The molecular weight excluding hydrogens is 344 g/mol. The minimum absolute atomic E-state index is 0.169. The molecule has 0 fully saturated rings. The Bertz CT molecular complexity index is 1330. The van der Waals surface area contributed by atoms with Crippen molar-refractivity contribution in [2.75, 3.05) is 0 Å². The van der Waals surface area contributed by atoms with Crippen LogP contribution in [-0.4, -0.2) is 19.6 Å². The quantitative estimate of drug-likeness (QED) is 0.512. The highest BCUT2D eigenvalue weighted by Gasteiger charge is 2.15. The molecule has 5 aromatic rings. The number of hydrogen-bond donors (Lipinski definition) is 1. The standard InChI is InChI=1S/C20H14N4OS/c1-12-18(21-17-8-4-5-11-24(12)17)15-9-10-16(26-15)19-13-6-2-3-7-14(13)20(25)23-22-19/h2-11H,1H3,(H,23,25). The molecule has 0 spiro atoms. The Morgan fingerprint density at radius 2 is 1.65 bits per heavy atom. The van der Waals surface area contributed by atoms with E-state index >= 15 is 0 Å². The lowest BCUT2D eigenvalue weighted by Crippen LogP contribution is -2.08. The summed E-state index contributed by atoms with van der Waals surface area (Å²) in [5.74, 6) is 0. The molecule has 0 unspecified atom stereocenters. The maximum absolute atomic E-state index is 12.0. The van der Waals surface area contributed by atoms with Crippen molar-refractivity contribution in [1.82, 2.24) is 19.6 Å². The molecule has 0 saturated heterocycles. The zero-order chi connectivity index (χ0) is 17.7. The first-order valence-corrected chi connectivity index (χ1v) is 9.06. The summed E-state index contributed by atoms with van der Waals surface area (Å²) in [5.41, 5.74) is 3.63. The number of H-pyrrole nitrogens is 1. The molecule has 0 aliphatic heterocycles. The van der Waals surface area contributed by atoms with Crippen molar-refractivity contribution in [3.63, 3.8) is 0 Å². The van der Waals surface area contributed by atoms with Gasteiger partial charge in [0.15, 0.2) is 0 Å². The molecule has 0 atom stereocenters. The van der Waals surface area contributed by atoms with Crippen LogP contribution in [0.15, 0.2) is 65.6 Å². The summed E-state index contributed by atoms with van der Waals surface area (Å²) in [5, 5.41) is 8.41. The molecule has 0 radical (unpaired) electrons. The van der Waals surface area contributed by atoms with Crippen LogP contribution in [0.3, 0.4) is 0 Å². The van der Waals surface area contributed by atoms with E-state index in [1.165, 1.54) is 0 Å². The number of imidazole rings is 1. The minimum Gasteiger partial charge on any atom is -0.304 e. The molecule has 5 nitrogen and oxygen atoms in total. The van der Waals surface area contributed by atoms with E-state index in [1.807, 2.05) is 54.7 Å². The summed E-state index contributed by atoms with van der Waals surface area (Å²) in [6.07, 6.45) is 2.02. The smallest absolute Gasteiger partial charge is 0.272 e. The maximum atomic E-state index is 12.0. The van der Waals surface area contributed by atoms with Crippen LogP contribution >= 0.6 is 11.3 Å². The third-order valence-corrected chi connectivity index (χ3v) is 5.64. The first-order chi connectivity index (χ1) is 12.7. The van der Waals surface area contributed by atoms with Crippen molar-refractivity contribution < 1.29 is 0 Å². The van der Waals surface area contributed by atoms with E-state index in [-0.39, 0.29) is 5.56 Å². The van der Waals surface area contributed by atoms with Crippen molar-refractivity contribution in [3.8, 4) is 21.1 Å². The molecular formula is C20H14N4OS. The third kappa shape index (κ3) is 2.19. The largest absolute Gasteiger partial charge is 0.304 e. The lowest BCUT2D eigenvalue weighted by molar-refractivity contribution is 1.02. The van der Waals surface area contributed by atoms with E-state index in [4.69, 9.17) is 4.98 Å². The molecule has 0 bridgehead atoms. The molecule has 1 N–H and O–H groups in total. The Morgan fingerprint density at radius 3 is 2.46 bits per heavy atom. The van der Waals surface area contributed by atoms with Gasteiger partial charge in [-0.3, -0.25) is 4.79 Å². The second-order valence-electron chi connectivity index (χ2n) is 6.09. The van der Waals surface area contributed by atoms with E-state index in [0.29, 0.717) is 5.39 Å². The average molecular weight is 358 g/mol. The molecule has 4 heterocycles. The van der Waals surface area contributed by atoms with Gasteiger partial charge in [-0.05, 0) is 37.3 Å². The van der Waals surface area contributed by atoms with Gasteiger partial charge in [-0.1, -0.05) is 24.3 Å². The highest BCUT2D eigenvalue weighted by Crippen LogP contribution is 2.36. The summed E-state index contributed by atoms with van der Waals surface area (Å²) in [6, 6.07) is 17.6. The number of benzene rings is 1. The van der Waals surface area contributed by atoms with Crippen molar-refractivity contribution in [3.05, 3.63) is 76.8 Å². The van der Waals surface area contributed by atoms with E-state index in [0.717, 1.165) is 37.9 Å². The van der Waals surface area contributed by atoms with Gasteiger partial charge < -0.3 is 4.40 Å².